The Morgan fingerprint density at radius 2 is 1.67 bits per heavy atom. The quantitative estimate of drug-likeness (QED) is 0.679. The Morgan fingerprint density at radius 1 is 0.917 bits per heavy atom. The first-order valence-electron chi connectivity index (χ1n) is 6.58. The molecule has 0 unspecified atom stereocenters. The van der Waals surface area contributed by atoms with Crippen LogP contribution in [0.15, 0.2) is 48.8 Å². The van der Waals surface area contributed by atoms with E-state index in [1.54, 1.807) is 0 Å². The number of hydrogen-bond acceptors (Lipinski definition) is 5. The SMILES string of the molecule is Fc1cccc(Oc2ncc(-c3ccc(C(F)(F)F)nn3)cn2)c1. The molecule has 0 saturated heterocycles. The van der Waals surface area contributed by atoms with Crippen molar-refractivity contribution in [2.45, 2.75) is 6.18 Å². The highest BCUT2D eigenvalue weighted by molar-refractivity contribution is 5.56. The number of benzene rings is 1. The highest BCUT2D eigenvalue weighted by atomic mass is 19.4. The van der Waals surface area contributed by atoms with Crippen LogP contribution < -0.4 is 4.74 Å². The molecule has 0 N–H and O–H groups in total. The molecule has 0 spiro atoms. The van der Waals surface area contributed by atoms with Crippen molar-refractivity contribution < 1.29 is 22.3 Å². The van der Waals surface area contributed by atoms with Crippen molar-refractivity contribution in [2.24, 2.45) is 0 Å². The molecule has 0 aliphatic heterocycles. The molecule has 1 aromatic carbocycles. The molecule has 2 heterocycles. The molecule has 0 bridgehead atoms. The predicted octanol–water partition coefficient (Wildman–Crippen LogP) is 3.88. The second-order valence-corrected chi connectivity index (χ2v) is 4.62. The number of halogens is 4. The fraction of sp³-hybridized carbons (Fsp3) is 0.0667. The Bertz CT molecular complexity index is 835. The Kier molecular flexibility index (Phi) is 4.07. The van der Waals surface area contributed by atoms with Gasteiger partial charge in [0.25, 0.3) is 0 Å². The average Bonchev–Trinajstić information content (AvgIpc) is 2.55. The summed E-state index contributed by atoms with van der Waals surface area (Å²) < 4.78 is 55.6. The lowest BCUT2D eigenvalue weighted by molar-refractivity contribution is -0.141. The van der Waals surface area contributed by atoms with Gasteiger partial charge in [-0.05, 0) is 24.3 Å². The lowest BCUT2D eigenvalue weighted by Gasteiger charge is -2.06. The highest BCUT2D eigenvalue weighted by Gasteiger charge is 2.32. The molecular weight excluding hydrogens is 328 g/mol. The van der Waals surface area contributed by atoms with Crippen LogP contribution >= 0.6 is 0 Å². The Balaban J connectivity index is 1.77. The smallest absolute Gasteiger partial charge is 0.424 e. The van der Waals surface area contributed by atoms with E-state index in [0.29, 0.717) is 5.56 Å². The topological polar surface area (TPSA) is 60.8 Å². The third kappa shape index (κ3) is 3.62. The van der Waals surface area contributed by atoms with Gasteiger partial charge in [0.15, 0.2) is 5.69 Å². The zero-order valence-electron chi connectivity index (χ0n) is 11.8. The minimum absolute atomic E-state index is 0.0378. The van der Waals surface area contributed by atoms with E-state index in [9.17, 15) is 17.6 Å². The van der Waals surface area contributed by atoms with E-state index in [4.69, 9.17) is 4.74 Å². The van der Waals surface area contributed by atoms with Gasteiger partial charge in [-0.2, -0.15) is 13.2 Å². The fourth-order valence-electron chi connectivity index (χ4n) is 1.77. The van der Waals surface area contributed by atoms with Crippen molar-refractivity contribution in [1.82, 2.24) is 20.2 Å². The van der Waals surface area contributed by atoms with Crippen LogP contribution in [0.25, 0.3) is 11.3 Å². The van der Waals surface area contributed by atoms with E-state index in [1.165, 1.54) is 42.7 Å². The third-order valence-electron chi connectivity index (χ3n) is 2.88. The molecule has 24 heavy (non-hydrogen) atoms. The summed E-state index contributed by atoms with van der Waals surface area (Å²) in [5, 5.41) is 6.62. The number of hydrogen-bond donors (Lipinski definition) is 0. The summed E-state index contributed by atoms with van der Waals surface area (Å²) in [5.74, 6) is -0.249. The molecule has 2 aromatic heterocycles. The molecule has 122 valence electrons. The summed E-state index contributed by atoms with van der Waals surface area (Å²) in [4.78, 5) is 7.81. The maximum atomic E-state index is 13.1. The number of nitrogens with zero attached hydrogens (tertiary/aromatic N) is 4. The van der Waals surface area contributed by atoms with Crippen LogP contribution in [-0.4, -0.2) is 20.2 Å². The van der Waals surface area contributed by atoms with Gasteiger partial charge in [-0.3, -0.25) is 0 Å². The molecule has 0 amide bonds. The van der Waals surface area contributed by atoms with Gasteiger partial charge >= 0.3 is 12.2 Å². The van der Waals surface area contributed by atoms with Crippen molar-refractivity contribution in [3.05, 3.63) is 60.3 Å². The van der Waals surface area contributed by atoms with Crippen LogP contribution in [0.5, 0.6) is 11.8 Å². The minimum atomic E-state index is -4.55. The maximum absolute atomic E-state index is 13.1. The van der Waals surface area contributed by atoms with Crippen LogP contribution in [0.1, 0.15) is 5.69 Å². The van der Waals surface area contributed by atoms with Crippen LogP contribution in [0.3, 0.4) is 0 Å². The summed E-state index contributed by atoms with van der Waals surface area (Å²) in [7, 11) is 0. The van der Waals surface area contributed by atoms with Crippen molar-refractivity contribution in [1.29, 1.82) is 0 Å². The first-order chi connectivity index (χ1) is 11.4. The minimum Gasteiger partial charge on any atom is -0.424 e. The van der Waals surface area contributed by atoms with Crippen molar-refractivity contribution in [3.63, 3.8) is 0 Å². The summed E-state index contributed by atoms with van der Waals surface area (Å²) in [5.41, 5.74) is -0.540. The van der Waals surface area contributed by atoms with Crippen molar-refractivity contribution in [3.8, 4) is 23.0 Å². The number of alkyl halides is 3. The summed E-state index contributed by atoms with van der Waals surface area (Å²) in [6.07, 6.45) is -1.91. The molecule has 0 fully saturated rings. The van der Waals surface area contributed by atoms with Gasteiger partial charge in [-0.1, -0.05) is 6.07 Å². The first kappa shape index (κ1) is 15.8. The maximum Gasteiger partial charge on any atom is 0.435 e. The summed E-state index contributed by atoms with van der Waals surface area (Å²) >= 11 is 0. The number of rotatable bonds is 3. The van der Waals surface area contributed by atoms with Gasteiger partial charge in [0.05, 0.1) is 5.69 Å². The van der Waals surface area contributed by atoms with Gasteiger partial charge in [-0.15, -0.1) is 10.2 Å². The second-order valence-electron chi connectivity index (χ2n) is 4.62. The van der Waals surface area contributed by atoms with Crippen LogP contribution in [0.4, 0.5) is 17.6 Å². The standard InChI is InChI=1S/C15H8F4N4O/c16-10-2-1-3-11(6-10)24-14-20-7-9(8-21-14)12-4-5-13(23-22-12)15(17,18)19/h1-8H. The Morgan fingerprint density at radius 3 is 2.25 bits per heavy atom. The van der Waals surface area contributed by atoms with E-state index in [1.807, 2.05) is 0 Å². The van der Waals surface area contributed by atoms with Gasteiger partial charge in [0.2, 0.25) is 0 Å². The monoisotopic (exact) mass is 336 g/mol. The summed E-state index contributed by atoms with van der Waals surface area (Å²) in [6.45, 7) is 0. The predicted molar refractivity (Wildman–Crippen MR) is 74.5 cm³/mol. The van der Waals surface area contributed by atoms with Gasteiger partial charge < -0.3 is 4.74 Å². The lowest BCUT2D eigenvalue weighted by Crippen LogP contribution is -2.09. The van der Waals surface area contributed by atoms with E-state index in [-0.39, 0.29) is 17.5 Å². The molecular formula is C15H8F4N4O. The normalized spacial score (nSPS) is 11.3. The first-order valence-corrected chi connectivity index (χ1v) is 6.58. The van der Waals surface area contributed by atoms with Crippen molar-refractivity contribution in [2.75, 3.05) is 0 Å². The van der Waals surface area contributed by atoms with Gasteiger partial charge in [-0.25, -0.2) is 14.4 Å². The third-order valence-corrected chi connectivity index (χ3v) is 2.88. The molecule has 5 nitrogen and oxygen atoms in total. The van der Waals surface area contributed by atoms with Crippen molar-refractivity contribution >= 4 is 0 Å². The van der Waals surface area contributed by atoms with Gasteiger partial charge in [0.1, 0.15) is 11.6 Å². The fourth-order valence-corrected chi connectivity index (χ4v) is 1.77. The molecule has 9 heteroatoms. The van der Waals surface area contributed by atoms with Crippen LogP contribution in [0.2, 0.25) is 0 Å². The number of aromatic nitrogens is 4. The number of ether oxygens (including phenoxy) is 1. The molecule has 3 rings (SSSR count). The Labute approximate surface area is 133 Å². The van der Waals surface area contributed by atoms with E-state index in [2.05, 4.69) is 20.2 Å². The van der Waals surface area contributed by atoms with Crippen LogP contribution in [0, 0.1) is 5.82 Å². The molecule has 0 radical (unpaired) electrons. The molecule has 0 aliphatic carbocycles. The van der Waals surface area contributed by atoms with E-state index >= 15 is 0 Å². The average molecular weight is 336 g/mol. The van der Waals surface area contributed by atoms with E-state index < -0.39 is 17.7 Å². The molecule has 0 saturated carbocycles. The Hall–Kier alpha value is -3.10. The van der Waals surface area contributed by atoms with Crippen LogP contribution in [-0.2, 0) is 6.18 Å². The molecule has 3 aromatic rings. The zero-order valence-corrected chi connectivity index (χ0v) is 11.8. The summed E-state index contributed by atoms with van der Waals surface area (Å²) in [6, 6.07) is 7.38. The molecule has 0 aliphatic rings. The zero-order chi connectivity index (χ0) is 17.2. The highest BCUT2D eigenvalue weighted by Crippen LogP contribution is 2.28. The second kappa shape index (κ2) is 6.19. The largest absolute Gasteiger partial charge is 0.435 e. The molecule has 0 atom stereocenters. The van der Waals surface area contributed by atoms with E-state index in [0.717, 1.165) is 6.07 Å². The van der Waals surface area contributed by atoms with Gasteiger partial charge in [0, 0.05) is 24.0 Å². The lowest BCUT2D eigenvalue weighted by atomic mass is 10.2.